The molecule has 0 fully saturated rings. The molecule has 0 bridgehead atoms. The number of hydrogen-bond acceptors (Lipinski definition) is 5. The van der Waals surface area contributed by atoms with Crippen LogP contribution in [0.2, 0.25) is 0 Å². The molecule has 1 aromatic carbocycles. The van der Waals surface area contributed by atoms with E-state index in [1.54, 1.807) is 12.4 Å². The van der Waals surface area contributed by atoms with E-state index in [1.165, 1.54) is 0 Å². The summed E-state index contributed by atoms with van der Waals surface area (Å²) in [5.41, 5.74) is 3.17. The maximum absolute atomic E-state index is 5.51. The van der Waals surface area contributed by atoms with Crippen LogP contribution in [0.4, 0.5) is 5.82 Å². The predicted molar refractivity (Wildman–Crippen MR) is 60.6 cm³/mol. The van der Waals surface area contributed by atoms with E-state index >= 15 is 0 Å². The molecule has 1 aromatic heterocycles. The largest absolute Gasteiger partial charge is 0.487 e. The van der Waals surface area contributed by atoms with Gasteiger partial charge >= 0.3 is 0 Å². The van der Waals surface area contributed by atoms with E-state index in [1.807, 2.05) is 30.3 Å². The van der Waals surface area contributed by atoms with Crippen LogP contribution in [0.15, 0.2) is 42.7 Å². The summed E-state index contributed by atoms with van der Waals surface area (Å²) in [7, 11) is 0. The van der Waals surface area contributed by atoms with Crippen LogP contribution in [0.5, 0.6) is 5.75 Å². The highest BCUT2D eigenvalue weighted by molar-refractivity contribution is 5.28. The molecule has 82 valence electrons. The number of nitrogens with one attached hydrogen (secondary N) is 1. The van der Waals surface area contributed by atoms with Crippen molar-refractivity contribution in [3.8, 4) is 5.75 Å². The Labute approximate surface area is 93.3 Å². The van der Waals surface area contributed by atoms with Gasteiger partial charge in [0.15, 0.2) is 5.82 Å². The average molecular weight is 216 g/mol. The van der Waals surface area contributed by atoms with Gasteiger partial charge in [0.2, 0.25) is 0 Å². The van der Waals surface area contributed by atoms with Crippen molar-refractivity contribution in [1.29, 1.82) is 0 Å². The van der Waals surface area contributed by atoms with Crippen molar-refractivity contribution in [2.45, 2.75) is 6.61 Å². The Kier molecular flexibility index (Phi) is 3.30. The number of benzene rings is 1. The molecule has 0 radical (unpaired) electrons. The Hall–Kier alpha value is -2.14. The van der Waals surface area contributed by atoms with Crippen molar-refractivity contribution in [3.63, 3.8) is 0 Å². The van der Waals surface area contributed by atoms with Crippen molar-refractivity contribution in [3.05, 3.63) is 48.4 Å². The van der Waals surface area contributed by atoms with Crippen LogP contribution in [0.1, 0.15) is 5.69 Å². The number of nitrogen functional groups attached to an aromatic ring is 1. The van der Waals surface area contributed by atoms with Gasteiger partial charge in [0.1, 0.15) is 12.4 Å². The Morgan fingerprint density at radius 1 is 1.12 bits per heavy atom. The summed E-state index contributed by atoms with van der Waals surface area (Å²) in [5, 5.41) is 0. The van der Waals surface area contributed by atoms with Crippen LogP contribution < -0.4 is 16.0 Å². The average Bonchev–Trinajstić information content (AvgIpc) is 2.38. The van der Waals surface area contributed by atoms with Gasteiger partial charge in [-0.2, -0.15) is 0 Å². The van der Waals surface area contributed by atoms with E-state index in [0.717, 1.165) is 11.4 Å². The third kappa shape index (κ3) is 2.68. The Bertz CT molecular complexity index is 429. The van der Waals surface area contributed by atoms with Crippen molar-refractivity contribution in [2.24, 2.45) is 5.84 Å². The number of hydrogen-bond donors (Lipinski definition) is 2. The normalized spacial score (nSPS) is 9.81. The minimum Gasteiger partial charge on any atom is -0.487 e. The second-order valence-corrected chi connectivity index (χ2v) is 3.14. The van der Waals surface area contributed by atoms with Gasteiger partial charge in [0.25, 0.3) is 0 Å². The van der Waals surface area contributed by atoms with Crippen LogP contribution in [0.25, 0.3) is 0 Å². The lowest BCUT2D eigenvalue weighted by atomic mass is 10.3. The van der Waals surface area contributed by atoms with Gasteiger partial charge in [-0.1, -0.05) is 18.2 Å². The molecule has 0 saturated heterocycles. The predicted octanol–water partition coefficient (Wildman–Crippen LogP) is 1.34. The number of para-hydroxylation sites is 1. The lowest BCUT2D eigenvalue weighted by Gasteiger charge is -2.05. The molecule has 0 aliphatic heterocycles. The van der Waals surface area contributed by atoms with Gasteiger partial charge in [0, 0.05) is 0 Å². The van der Waals surface area contributed by atoms with Gasteiger partial charge < -0.3 is 10.2 Å². The minimum absolute atomic E-state index is 0.391. The number of aromatic nitrogens is 2. The second kappa shape index (κ2) is 5.09. The number of ether oxygens (including phenoxy) is 1. The van der Waals surface area contributed by atoms with Gasteiger partial charge in [0.05, 0.1) is 18.1 Å². The van der Waals surface area contributed by atoms with Crippen LogP contribution in [0.3, 0.4) is 0 Å². The first-order valence-corrected chi connectivity index (χ1v) is 4.84. The van der Waals surface area contributed by atoms with Crippen molar-refractivity contribution < 1.29 is 4.74 Å². The summed E-state index contributed by atoms with van der Waals surface area (Å²) in [6.45, 7) is 0.391. The third-order valence-electron chi connectivity index (χ3n) is 1.98. The molecule has 1 heterocycles. The van der Waals surface area contributed by atoms with Crippen molar-refractivity contribution >= 4 is 5.82 Å². The molecule has 0 unspecified atom stereocenters. The van der Waals surface area contributed by atoms with Gasteiger partial charge in [-0.15, -0.1) is 0 Å². The lowest BCUT2D eigenvalue weighted by Crippen LogP contribution is -2.09. The maximum atomic E-state index is 5.51. The molecule has 3 N–H and O–H groups in total. The van der Waals surface area contributed by atoms with E-state index < -0.39 is 0 Å². The van der Waals surface area contributed by atoms with E-state index in [2.05, 4.69) is 15.4 Å². The first-order valence-electron chi connectivity index (χ1n) is 4.84. The topological polar surface area (TPSA) is 73.1 Å². The van der Waals surface area contributed by atoms with Crippen LogP contribution in [-0.4, -0.2) is 9.97 Å². The third-order valence-corrected chi connectivity index (χ3v) is 1.98. The Morgan fingerprint density at radius 2 is 1.94 bits per heavy atom. The monoisotopic (exact) mass is 216 g/mol. The molecule has 0 spiro atoms. The number of anilines is 1. The molecule has 0 aliphatic rings. The molecule has 5 heteroatoms. The second-order valence-electron chi connectivity index (χ2n) is 3.14. The summed E-state index contributed by atoms with van der Waals surface area (Å²) in [5.74, 6) is 6.52. The summed E-state index contributed by atoms with van der Waals surface area (Å²) in [6, 6.07) is 9.56. The fraction of sp³-hybridized carbons (Fsp3) is 0.0909. The molecule has 0 atom stereocenters. The molecule has 0 aliphatic carbocycles. The zero-order chi connectivity index (χ0) is 11.2. The van der Waals surface area contributed by atoms with Crippen LogP contribution in [0, 0.1) is 0 Å². The van der Waals surface area contributed by atoms with E-state index in [0.29, 0.717) is 12.4 Å². The molecule has 0 saturated carbocycles. The molecule has 16 heavy (non-hydrogen) atoms. The van der Waals surface area contributed by atoms with Crippen molar-refractivity contribution in [1.82, 2.24) is 9.97 Å². The summed E-state index contributed by atoms with van der Waals surface area (Å²) in [6.07, 6.45) is 3.18. The first kappa shape index (κ1) is 10.4. The fourth-order valence-corrected chi connectivity index (χ4v) is 1.18. The summed E-state index contributed by atoms with van der Waals surface area (Å²) in [4.78, 5) is 8.17. The SMILES string of the molecule is NNc1cnc(COc2ccccc2)cn1. The molecule has 2 rings (SSSR count). The van der Waals surface area contributed by atoms with E-state index in [-0.39, 0.29) is 0 Å². The number of hydrazine groups is 1. The number of nitrogens with two attached hydrogens (primary N) is 1. The molecular formula is C11H12N4O. The smallest absolute Gasteiger partial charge is 0.158 e. The van der Waals surface area contributed by atoms with Crippen LogP contribution in [-0.2, 0) is 6.61 Å². The number of nitrogens with zero attached hydrogens (tertiary/aromatic N) is 2. The summed E-state index contributed by atoms with van der Waals surface area (Å²) < 4.78 is 5.51. The zero-order valence-electron chi connectivity index (χ0n) is 8.63. The molecule has 2 aromatic rings. The van der Waals surface area contributed by atoms with Gasteiger partial charge in [-0.25, -0.2) is 10.8 Å². The highest BCUT2D eigenvalue weighted by Gasteiger charge is 1.97. The van der Waals surface area contributed by atoms with E-state index in [9.17, 15) is 0 Å². The minimum atomic E-state index is 0.391. The molecule has 0 amide bonds. The Balaban J connectivity index is 1.94. The highest BCUT2D eigenvalue weighted by Crippen LogP contribution is 2.10. The van der Waals surface area contributed by atoms with E-state index in [4.69, 9.17) is 10.6 Å². The van der Waals surface area contributed by atoms with Gasteiger partial charge in [-0.05, 0) is 12.1 Å². The Morgan fingerprint density at radius 3 is 2.56 bits per heavy atom. The maximum Gasteiger partial charge on any atom is 0.158 e. The number of rotatable bonds is 4. The lowest BCUT2D eigenvalue weighted by molar-refractivity contribution is 0.301. The van der Waals surface area contributed by atoms with Gasteiger partial charge in [-0.3, -0.25) is 4.98 Å². The zero-order valence-corrected chi connectivity index (χ0v) is 8.63. The molecular weight excluding hydrogens is 204 g/mol. The van der Waals surface area contributed by atoms with Crippen molar-refractivity contribution in [2.75, 3.05) is 5.43 Å². The first-order chi connectivity index (χ1) is 7.88. The van der Waals surface area contributed by atoms with Crippen LogP contribution >= 0.6 is 0 Å². The molecule has 5 nitrogen and oxygen atoms in total. The summed E-state index contributed by atoms with van der Waals surface area (Å²) >= 11 is 0. The quantitative estimate of drug-likeness (QED) is 0.596. The highest BCUT2D eigenvalue weighted by atomic mass is 16.5. The fourth-order valence-electron chi connectivity index (χ4n) is 1.18. The standard InChI is InChI=1S/C11H12N4O/c12-15-11-7-13-9(6-14-11)8-16-10-4-2-1-3-5-10/h1-7H,8,12H2,(H,14,15).